The number of benzene rings is 1. The highest BCUT2D eigenvalue weighted by Crippen LogP contribution is 2.26. The summed E-state index contributed by atoms with van der Waals surface area (Å²) in [5.41, 5.74) is 3.02. The Morgan fingerprint density at radius 1 is 1.12 bits per heavy atom. The molecule has 24 heavy (non-hydrogen) atoms. The van der Waals surface area contributed by atoms with E-state index in [9.17, 15) is 0 Å². The Morgan fingerprint density at radius 3 is 2.58 bits per heavy atom. The van der Waals surface area contributed by atoms with E-state index in [-0.39, 0.29) is 0 Å². The van der Waals surface area contributed by atoms with Crippen LogP contribution in [0, 0.1) is 13.8 Å². The molecule has 0 saturated carbocycles. The lowest BCUT2D eigenvalue weighted by atomic mass is 10.2. The smallest absolute Gasteiger partial charge is 0.214 e. The Bertz CT molecular complexity index is 949. The molecule has 0 aliphatic rings. The predicted octanol–water partition coefficient (Wildman–Crippen LogP) is 4.80. The Hall–Kier alpha value is -1.96. The lowest BCUT2D eigenvalue weighted by Crippen LogP contribution is -1.99. The van der Waals surface area contributed by atoms with Gasteiger partial charge in [0, 0.05) is 15.5 Å². The van der Waals surface area contributed by atoms with Crippen LogP contribution in [0.1, 0.15) is 15.6 Å². The van der Waals surface area contributed by atoms with E-state index in [1.54, 1.807) is 15.9 Å². The van der Waals surface area contributed by atoms with Crippen LogP contribution in [0.25, 0.3) is 16.2 Å². The number of halogens is 1. The van der Waals surface area contributed by atoms with E-state index in [2.05, 4.69) is 27.3 Å². The number of hydrogen-bond donors (Lipinski definition) is 1. The van der Waals surface area contributed by atoms with Gasteiger partial charge >= 0.3 is 0 Å². The minimum Gasteiger partial charge on any atom is -0.354 e. The summed E-state index contributed by atoms with van der Waals surface area (Å²) in [5, 5.41) is 10.5. The monoisotopic (exact) mass is 375 g/mol. The lowest BCUT2D eigenvalue weighted by Gasteiger charge is -1.97. The van der Waals surface area contributed by atoms with Crippen LogP contribution in [-0.4, -0.2) is 19.6 Å². The van der Waals surface area contributed by atoms with E-state index in [1.807, 2.05) is 37.4 Å². The number of fused-ring (bicyclic) bond motifs is 1. The Balaban J connectivity index is 1.52. The summed E-state index contributed by atoms with van der Waals surface area (Å²) in [6, 6.07) is 7.65. The van der Waals surface area contributed by atoms with Crippen LogP contribution in [0.15, 0.2) is 30.5 Å². The third-order valence-electron chi connectivity index (χ3n) is 3.65. The second kappa shape index (κ2) is 6.16. The molecule has 0 saturated heterocycles. The van der Waals surface area contributed by atoms with Crippen LogP contribution < -0.4 is 5.32 Å². The molecule has 5 nitrogen and oxygen atoms in total. The first-order valence-corrected chi connectivity index (χ1v) is 9.38. The van der Waals surface area contributed by atoms with Gasteiger partial charge in [-0.2, -0.15) is 0 Å². The number of hydrogen-bond acceptors (Lipinski definition) is 6. The Kier molecular flexibility index (Phi) is 3.99. The van der Waals surface area contributed by atoms with Crippen LogP contribution in [0.3, 0.4) is 0 Å². The summed E-state index contributed by atoms with van der Waals surface area (Å²) in [7, 11) is 0. The van der Waals surface area contributed by atoms with E-state index in [1.165, 1.54) is 16.2 Å². The number of aromatic nitrogens is 4. The van der Waals surface area contributed by atoms with Gasteiger partial charge in [-0.1, -0.05) is 35.1 Å². The molecule has 8 heteroatoms. The molecule has 1 N–H and O–H groups in total. The van der Waals surface area contributed by atoms with E-state index in [0.29, 0.717) is 6.54 Å². The third kappa shape index (κ3) is 3.02. The number of nitrogens with zero attached hydrogens (tertiary/aromatic N) is 4. The molecule has 0 fully saturated rings. The number of anilines is 1. The average molecular weight is 376 g/mol. The van der Waals surface area contributed by atoms with Crippen molar-refractivity contribution in [1.82, 2.24) is 19.6 Å². The summed E-state index contributed by atoms with van der Waals surface area (Å²) in [6.45, 7) is 4.80. The second-order valence-electron chi connectivity index (χ2n) is 5.37. The molecule has 4 aromatic rings. The van der Waals surface area contributed by atoms with Crippen LogP contribution >= 0.6 is 34.3 Å². The molecule has 0 atom stereocenters. The van der Waals surface area contributed by atoms with Crippen molar-refractivity contribution in [2.45, 2.75) is 20.4 Å². The molecule has 0 amide bonds. The molecule has 0 spiro atoms. The predicted molar refractivity (Wildman–Crippen MR) is 100 cm³/mol. The van der Waals surface area contributed by atoms with E-state index < -0.39 is 0 Å². The first-order valence-electron chi connectivity index (χ1n) is 7.37. The molecule has 0 radical (unpaired) electrons. The summed E-state index contributed by atoms with van der Waals surface area (Å²) >= 11 is 9.17. The highest BCUT2D eigenvalue weighted by Gasteiger charge is 2.10. The average Bonchev–Trinajstić information content (AvgIpc) is 3.20. The van der Waals surface area contributed by atoms with Crippen molar-refractivity contribution in [3.8, 4) is 11.3 Å². The molecule has 0 aliphatic carbocycles. The zero-order chi connectivity index (χ0) is 16.7. The highest BCUT2D eigenvalue weighted by atomic mass is 35.5. The van der Waals surface area contributed by atoms with Crippen LogP contribution in [0.2, 0.25) is 5.02 Å². The molecule has 122 valence electrons. The summed E-state index contributed by atoms with van der Waals surface area (Å²) in [4.78, 5) is 11.3. The molecule has 1 aromatic carbocycles. The van der Waals surface area contributed by atoms with Gasteiger partial charge in [0.25, 0.3) is 0 Å². The number of nitrogens with one attached hydrogen (secondary N) is 1. The van der Waals surface area contributed by atoms with Crippen molar-refractivity contribution >= 4 is 44.4 Å². The standard InChI is InChI=1S/C16H14ClN5S2/c1-9-10(2)23-14(19-9)7-18-15-21-22-8-13(20-16(22)24-15)11-3-5-12(17)6-4-11/h3-6,8H,7H2,1-2H3,(H,18,21). The Morgan fingerprint density at radius 2 is 1.92 bits per heavy atom. The second-order valence-corrected chi connectivity index (χ2v) is 8.05. The van der Waals surface area contributed by atoms with Gasteiger partial charge in [0.15, 0.2) is 0 Å². The maximum Gasteiger partial charge on any atom is 0.214 e. The molecule has 3 aromatic heterocycles. The van der Waals surface area contributed by atoms with E-state index in [4.69, 9.17) is 11.6 Å². The van der Waals surface area contributed by atoms with Gasteiger partial charge in [0.05, 0.1) is 24.1 Å². The van der Waals surface area contributed by atoms with Crippen molar-refractivity contribution in [1.29, 1.82) is 0 Å². The zero-order valence-corrected chi connectivity index (χ0v) is 15.5. The van der Waals surface area contributed by atoms with Gasteiger partial charge < -0.3 is 5.32 Å². The van der Waals surface area contributed by atoms with Gasteiger partial charge in [-0.3, -0.25) is 0 Å². The summed E-state index contributed by atoms with van der Waals surface area (Å²) in [5.74, 6) is 0. The fourth-order valence-corrected chi connectivity index (χ4v) is 4.07. The molecule has 3 heterocycles. The molecule has 0 aliphatic heterocycles. The van der Waals surface area contributed by atoms with Crippen LogP contribution in [0.4, 0.5) is 5.13 Å². The van der Waals surface area contributed by atoms with Gasteiger partial charge in [-0.15, -0.1) is 16.4 Å². The number of imidazole rings is 1. The third-order valence-corrected chi connectivity index (χ3v) is 5.85. The maximum atomic E-state index is 5.93. The van der Waals surface area contributed by atoms with E-state index >= 15 is 0 Å². The SMILES string of the molecule is Cc1nc(CNc2nn3cc(-c4ccc(Cl)cc4)nc3s2)sc1C. The van der Waals surface area contributed by atoms with Gasteiger partial charge in [0.2, 0.25) is 10.1 Å². The zero-order valence-electron chi connectivity index (χ0n) is 13.1. The first-order chi connectivity index (χ1) is 11.6. The molecule has 0 bridgehead atoms. The van der Waals surface area contributed by atoms with E-state index in [0.717, 1.165) is 37.1 Å². The van der Waals surface area contributed by atoms with Gasteiger partial charge in [-0.25, -0.2) is 14.5 Å². The van der Waals surface area contributed by atoms with Crippen molar-refractivity contribution < 1.29 is 0 Å². The Labute approximate surface area is 152 Å². The number of thiazole rings is 1. The lowest BCUT2D eigenvalue weighted by molar-refractivity contribution is 0.958. The molecular formula is C16H14ClN5S2. The van der Waals surface area contributed by atoms with Crippen molar-refractivity contribution in [2.24, 2.45) is 0 Å². The maximum absolute atomic E-state index is 5.93. The van der Waals surface area contributed by atoms with Crippen LogP contribution in [-0.2, 0) is 6.54 Å². The topological polar surface area (TPSA) is 55.1 Å². The number of rotatable bonds is 4. The van der Waals surface area contributed by atoms with Crippen molar-refractivity contribution in [3.05, 3.63) is 51.1 Å². The summed E-state index contributed by atoms with van der Waals surface area (Å²) in [6.07, 6.45) is 1.93. The van der Waals surface area contributed by atoms with Crippen LogP contribution in [0.5, 0.6) is 0 Å². The summed E-state index contributed by atoms with van der Waals surface area (Å²) < 4.78 is 1.80. The quantitative estimate of drug-likeness (QED) is 0.556. The molecule has 4 rings (SSSR count). The fraction of sp³-hybridized carbons (Fsp3) is 0.188. The van der Waals surface area contributed by atoms with Gasteiger partial charge in [-0.05, 0) is 26.0 Å². The fourth-order valence-electron chi connectivity index (χ4n) is 2.30. The first kappa shape index (κ1) is 15.6. The molecule has 0 unspecified atom stereocenters. The number of aryl methyl sites for hydroxylation is 2. The minimum atomic E-state index is 0.681. The normalized spacial score (nSPS) is 11.3. The van der Waals surface area contributed by atoms with Crippen molar-refractivity contribution in [3.63, 3.8) is 0 Å². The largest absolute Gasteiger partial charge is 0.354 e. The highest BCUT2D eigenvalue weighted by molar-refractivity contribution is 7.20. The van der Waals surface area contributed by atoms with Crippen molar-refractivity contribution in [2.75, 3.05) is 5.32 Å². The molecular weight excluding hydrogens is 362 g/mol. The minimum absolute atomic E-state index is 0.681. The van der Waals surface area contributed by atoms with Gasteiger partial charge in [0.1, 0.15) is 5.01 Å².